The van der Waals surface area contributed by atoms with Crippen LogP contribution in [-0.4, -0.2) is 30.3 Å². The molecule has 1 amide bonds. The number of rotatable bonds is 4. The van der Waals surface area contributed by atoms with Crippen molar-refractivity contribution in [3.8, 4) is 11.3 Å². The maximum Gasteiger partial charge on any atom is 0.433 e. The molecule has 0 aliphatic heterocycles. The molecule has 0 radical (unpaired) electrons. The topological polar surface area (TPSA) is 77.1 Å². The van der Waals surface area contributed by atoms with Gasteiger partial charge in [-0.1, -0.05) is 0 Å². The summed E-state index contributed by atoms with van der Waals surface area (Å²) in [6, 6.07) is 6.88. The summed E-state index contributed by atoms with van der Waals surface area (Å²) < 4.78 is 56.1. The van der Waals surface area contributed by atoms with Crippen LogP contribution in [0.1, 0.15) is 21.7 Å². The van der Waals surface area contributed by atoms with E-state index in [1.54, 1.807) is 24.1 Å². The Morgan fingerprint density at radius 3 is 2.53 bits per heavy atom. The van der Waals surface area contributed by atoms with Gasteiger partial charge in [0.05, 0.1) is 11.9 Å². The van der Waals surface area contributed by atoms with Crippen molar-refractivity contribution >= 4 is 11.6 Å². The largest absolute Gasteiger partial charge is 0.433 e. The number of carbonyl (C=O) groups is 1. The van der Waals surface area contributed by atoms with Crippen LogP contribution in [0.3, 0.4) is 0 Å². The Balaban J connectivity index is 1.71. The monoisotopic (exact) mass is 418 g/mol. The minimum Gasteiger partial charge on any atom is -0.346 e. The number of nitrogens with one attached hydrogen (secondary N) is 1. The molecule has 30 heavy (non-hydrogen) atoms. The fourth-order valence-corrected chi connectivity index (χ4v) is 2.89. The fourth-order valence-electron chi connectivity index (χ4n) is 2.89. The first-order valence-corrected chi connectivity index (χ1v) is 8.70. The Morgan fingerprint density at radius 2 is 1.90 bits per heavy atom. The third kappa shape index (κ3) is 3.86. The second-order valence-corrected chi connectivity index (χ2v) is 6.54. The number of fused-ring (bicyclic) bond motifs is 1. The number of alkyl halides is 3. The fraction of sp³-hybridized carbons (Fsp3) is 0.158. The normalized spacial score (nSPS) is 11.8. The van der Waals surface area contributed by atoms with Gasteiger partial charge in [-0.15, -0.1) is 0 Å². The van der Waals surface area contributed by atoms with Gasteiger partial charge < -0.3 is 5.32 Å². The molecule has 0 saturated carbocycles. The van der Waals surface area contributed by atoms with Crippen molar-refractivity contribution in [1.82, 2.24) is 29.7 Å². The number of hydrogen-bond acceptors (Lipinski definition) is 4. The standard InChI is InChI=1S/C19H14F4N6O/c1-28-10-11(9-25-28)8-24-18(30)15-7-17-26-14(12-2-4-13(20)5-3-12)6-16(19(21,22)23)29(17)27-15/h2-7,9-10H,8H2,1H3,(H,24,30). The molecule has 154 valence electrons. The Kier molecular flexibility index (Phi) is 4.72. The van der Waals surface area contributed by atoms with Gasteiger partial charge in [0.2, 0.25) is 0 Å². The van der Waals surface area contributed by atoms with Gasteiger partial charge in [-0.25, -0.2) is 13.9 Å². The molecular formula is C19H14F4N6O. The molecule has 1 aromatic carbocycles. The van der Waals surface area contributed by atoms with Crippen molar-refractivity contribution in [3.05, 3.63) is 71.6 Å². The minimum atomic E-state index is -4.74. The van der Waals surface area contributed by atoms with Crippen molar-refractivity contribution in [3.63, 3.8) is 0 Å². The quantitative estimate of drug-likeness (QED) is 0.517. The van der Waals surface area contributed by atoms with E-state index >= 15 is 0 Å². The lowest BCUT2D eigenvalue weighted by Crippen LogP contribution is -2.23. The van der Waals surface area contributed by atoms with Crippen LogP contribution in [0.2, 0.25) is 0 Å². The van der Waals surface area contributed by atoms with E-state index in [0.717, 1.165) is 23.8 Å². The zero-order chi connectivity index (χ0) is 21.5. The second-order valence-electron chi connectivity index (χ2n) is 6.54. The Labute approximate surface area is 167 Å². The summed E-state index contributed by atoms with van der Waals surface area (Å²) in [5.41, 5.74) is -0.463. The van der Waals surface area contributed by atoms with Gasteiger partial charge in [0.15, 0.2) is 17.0 Å². The summed E-state index contributed by atoms with van der Waals surface area (Å²) in [7, 11) is 1.72. The summed E-state index contributed by atoms with van der Waals surface area (Å²) >= 11 is 0. The van der Waals surface area contributed by atoms with Gasteiger partial charge in [0.25, 0.3) is 5.91 Å². The van der Waals surface area contributed by atoms with E-state index in [1.807, 2.05) is 0 Å². The van der Waals surface area contributed by atoms with Crippen LogP contribution in [0.4, 0.5) is 17.6 Å². The average molecular weight is 418 g/mol. The number of benzene rings is 1. The van der Waals surface area contributed by atoms with Gasteiger partial charge in [0, 0.05) is 37.0 Å². The van der Waals surface area contributed by atoms with Crippen LogP contribution in [0.5, 0.6) is 0 Å². The van der Waals surface area contributed by atoms with E-state index < -0.39 is 23.6 Å². The Hall–Kier alpha value is -3.76. The molecule has 3 heterocycles. The highest BCUT2D eigenvalue weighted by molar-refractivity contribution is 5.93. The Morgan fingerprint density at radius 1 is 1.17 bits per heavy atom. The molecular weight excluding hydrogens is 404 g/mol. The average Bonchev–Trinajstić information content (AvgIpc) is 3.31. The van der Waals surface area contributed by atoms with Gasteiger partial charge in [-0.2, -0.15) is 23.4 Å². The second kappa shape index (κ2) is 7.25. The van der Waals surface area contributed by atoms with Crippen molar-refractivity contribution in [2.24, 2.45) is 7.05 Å². The van der Waals surface area contributed by atoms with Crippen molar-refractivity contribution in [1.29, 1.82) is 0 Å². The summed E-state index contributed by atoms with van der Waals surface area (Å²) in [5.74, 6) is -1.17. The maximum atomic E-state index is 13.6. The number of nitrogens with zero attached hydrogens (tertiary/aromatic N) is 5. The van der Waals surface area contributed by atoms with Crippen LogP contribution in [0.25, 0.3) is 16.9 Å². The molecule has 0 aliphatic carbocycles. The van der Waals surface area contributed by atoms with Crippen LogP contribution < -0.4 is 5.32 Å². The van der Waals surface area contributed by atoms with Crippen molar-refractivity contribution in [2.75, 3.05) is 0 Å². The van der Waals surface area contributed by atoms with Crippen molar-refractivity contribution < 1.29 is 22.4 Å². The molecule has 0 unspecified atom stereocenters. The lowest BCUT2D eigenvalue weighted by molar-refractivity contribution is -0.142. The molecule has 7 nitrogen and oxygen atoms in total. The molecule has 1 N–H and O–H groups in total. The minimum absolute atomic E-state index is 0.0166. The van der Waals surface area contributed by atoms with Gasteiger partial charge in [-0.05, 0) is 30.3 Å². The first-order valence-electron chi connectivity index (χ1n) is 8.70. The van der Waals surface area contributed by atoms with Crippen LogP contribution in [0, 0.1) is 5.82 Å². The van der Waals surface area contributed by atoms with Crippen LogP contribution in [0.15, 0.2) is 48.8 Å². The maximum absolute atomic E-state index is 13.6. The summed E-state index contributed by atoms with van der Waals surface area (Å²) in [4.78, 5) is 16.5. The molecule has 4 aromatic rings. The molecule has 11 heteroatoms. The molecule has 0 atom stereocenters. The molecule has 0 spiro atoms. The van der Waals surface area contributed by atoms with Gasteiger partial charge in [-0.3, -0.25) is 9.48 Å². The lowest BCUT2D eigenvalue weighted by Gasteiger charge is -2.11. The van der Waals surface area contributed by atoms with Crippen molar-refractivity contribution in [2.45, 2.75) is 12.7 Å². The van der Waals surface area contributed by atoms with E-state index in [0.29, 0.717) is 10.1 Å². The molecule has 3 aromatic heterocycles. The zero-order valence-corrected chi connectivity index (χ0v) is 15.5. The van der Waals surface area contributed by atoms with Crippen LogP contribution >= 0.6 is 0 Å². The molecule has 0 aliphatic rings. The first-order chi connectivity index (χ1) is 14.2. The highest BCUT2D eigenvalue weighted by atomic mass is 19.4. The molecule has 0 bridgehead atoms. The summed E-state index contributed by atoms with van der Waals surface area (Å²) in [5, 5.41) is 10.3. The molecule has 4 rings (SSSR count). The van der Waals surface area contributed by atoms with E-state index in [-0.39, 0.29) is 23.6 Å². The number of amides is 1. The van der Waals surface area contributed by atoms with Gasteiger partial charge in [0.1, 0.15) is 5.82 Å². The predicted octanol–water partition coefficient (Wildman–Crippen LogP) is 3.22. The van der Waals surface area contributed by atoms with E-state index in [2.05, 4.69) is 20.5 Å². The number of halogens is 4. The Bertz CT molecular complexity index is 1230. The third-order valence-electron chi connectivity index (χ3n) is 4.30. The first kappa shape index (κ1) is 19.6. The summed E-state index contributed by atoms with van der Waals surface area (Å²) in [6.07, 6.45) is -1.49. The number of aromatic nitrogens is 5. The SMILES string of the molecule is Cn1cc(CNC(=O)c2cc3nc(-c4ccc(F)cc4)cc(C(F)(F)F)n3n2)cn1. The van der Waals surface area contributed by atoms with Crippen LogP contribution in [-0.2, 0) is 19.8 Å². The lowest BCUT2D eigenvalue weighted by atomic mass is 10.1. The summed E-state index contributed by atoms with van der Waals surface area (Å²) in [6.45, 7) is 0.140. The molecule has 0 saturated heterocycles. The third-order valence-corrected chi connectivity index (χ3v) is 4.30. The highest BCUT2D eigenvalue weighted by Crippen LogP contribution is 2.32. The predicted molar refractivity (Wildman–Crippen MR) is 97.8 cm³/mol. The van der Waals surface area contributed by atoms with E-state index in [1.165, 1.54) is 18.2 Å². The highest BCUT2D eigenvalue weighted by Gasteiger charge is 2.35. The number of carbonyl (C=O) groups excluding carboxylic acids is 1. The van der Waals surface area contributed by atoms with Gasteiger partial charge >= 0.3 is 6.18 Å². The number of aryl methyl sites for hydroxylation is 1. The molecule has 0 fully saturated rings. The smallest absolute Gasteiger partial charge is 0.346 e. The zero-order valence-electron chi connectivity index (χ0n) is 15.5. The van der Waals surface area contributed by atoms with E-state index in [4.69, 9.17) is 0 Å². The van der Waals surface area contributed by atoms with E-state index in [9.17, 15) is 22.4 Å². The number of hydrogen-bond donors (Lipinski definition) is 1.